The molecule has 0 unspecified atom stereocenters. The van der Waals surface area contributed by atoms with Gasteiger partial charge in [0.25, 0.3) is 0 Å². The summed E-state index contributed by atoms with van der Waals surface area (Å²) in [5.74, 6) is -0.562. The Morgan fingerprint density at radius 3 is 2.29 bits per heavy atom. The zero-order valence-electron chi connectivity index (χ0n) is 21.8. The molecule has 0 aliphatic rings. The molecule has 0 radical (unpaired) electrons. The number of nitrogens with two attached hydrogens (primary N) is 1. The lowest BCUT2D eigenvalue weighted by atomic mass is 10.2. The third-order valence-electron chi connectivity index (χ3n) is 5.21. The van der Waals surface area contributed by atoms with Crippen LogP contribution < -0.4 is 10.5 Å². The number of ether oxygens (including phenoxy) is 3. The maximum absolute atomic E-state index is 13.2. The van der Waals surface area contributed by atoms with Gasteiger partial charge in [0.05, 0.1) is 25.3 Å². The van der Waals surface area contributed by atoms with Crippen molar-refractivity contribution in [3.8, 4) is 5.75 Å². The molecule has 2 N–H and O–H groups in total. The summed E-state index contributed by atoms with van der Waals surface area (Å²) in [4.78, 5) is 17.3. The second-order valence-electron chi connectivity index (χ2n) is 8.08. The van der Waals surface area contributed by atoms with Crippen LogP contribution in [-0.4, -0.2) is 48.4 Å². The van der Waals surface area contributed by atoms with Crippen LogP contribution in [0.5, 0.6) is 5.75 Å². The molecule has 7 nitrogen and oxygen atoms in total. The standard InChI is InChI=1S/C14H21ClFN3O3.C14H13FO/c1-3-21-13(22-4-2)9-19(12(20)7-17)8-10-5-6-11(16)14(15)18-10;1-11-7-8-13(9-14(11)15)16-10-12-5-3-2-4-6-12/h5-6,13H,3-4,7-9,17H2,1-2H3;2-9H,10H2,1H3. The fraction of sp³-hybridized carbons (Fsp3) is 0.357. The molecule has 3 rings (SSSR count). The van der Waals surface area contributed by atoms with Crippen LogP contribution in [0.15, 0.2) is 60.7 Å². The second kappa shape index (κ2) is 16.7. The van der Waals surface area contributed by atoms with E-state index in [4.69, 9.17) is 31.5 Å². The van der Waals surface area contributed by atoms with Gasteiger partial charge in [-0.3, -0.25) is 4.79 Å². The monoisotopic (exact) mass is 549 g/mol. The average molecular weight is 550 g/mol. The number of nitrogens with zero attached hydrogens (tertiary/aromatic N) is 2. The van der Waals surface area contributed by atoms with E-state index in [0.29, 0.717) is 36.8 Å². The van der Waals surface area contributed by atoms with E-state index >= 15 is 0 Å². The number of hydrogen-bond donors (Lipinski definition) is 1. The summed E-state index contributed by atoms with van der Waals surface area (Å²) in [6, 6.07) is 17.4. The van der Waals surface area contributed by atoms with Gasteiger partial charge in [-0.25, -0.2) is 13.8 Å². The van der Waals surface area contributed by atoms with Crippen LogP contribution in [0.3, 0.4) is 0 Å². The molecular weight excluding hydrogens is 516 g/mol. The molecule has 0 saturated heterocycles. The van der Waals surface area contributed by atoms with E-state index in [1.165, 1.54) is 23.1 Å². The molecule has 0 bridgehead atoms. The molecular formula is C28H34ClF2N3O4. The maximum Gasteiger partial charge on any atom is 0.236 e. The first-order valence-electron chi connectivity index (χ1n) is 12.2. The van der Waals surface area contributed by atoms with Gasteiger partial charge in [0, 0.05) is 19.3 Å². The lowest BCUT2D eigenvalue weighted by molar-refractivity contribution is -0.159. The molecule has 38 heavy (non-hydrogen) atoms. The van der Waals surface area contributed by atoms with Crippen molar-refractivity contribution >= 4 is 17.5 Å². The van der Waals surface area contributed by atoms with Gasteiger partial charge in [0.1, 0.15) is 18.2 Å². The van der Waals surface area contributed by atoms with Crippen LogP contribution >= 0.6 is 11.6 Å². The molecule has 0 saturated carbocycles. The summed E-state index contributed by atoms with van der Waals surface area (Å²) < 4.78 is 42.7. The Morgan fingerprint density at radius 1 is 1.03 bits per heavy atom. The summed E-state index contributed by atoms with van der Waals surface area (Å²) in [5.41, 5.74) is 7.59. The number of carbonyl (C=O) groups excluding carboxylic acids is 1. The van der Waals surface area contributed by atoms with Crippen LogP contribution in [0.4, 0.5) is 8.78 Å². The van der Waals surface area contributed by atoms with Gasteiger partial charge in [-0.2, -0.15) is 0 Å². The van der Waals surface area contributed by atoms with Crippen LogP contribution in [-0.2, 0) is 27.4 Å². The summed E-state index contributed by atoms with van der Waals surface area (Å²) in [6.07, 6.45) is -0.554. The Kier molecular flexibility index (Phi) is 13.7. The first kappa shape index (κ1) is 31.1. The van der Waals surface area contributed by atoms with E-state index in [1.54, 1.807) is 19.1 Å². The van der Waals surface area contributed by atoms with Gasteiger partial charge in [-0.05, 0) is 50.1 Å². The van der Waals surface area contributed by atoms with Crippen LogP contribution in [0.2, 0.25) is 5.15 Å². The lowest BCUT2D eigenvalue weighted by Crippen LogP contribution is -2.42. The fourth-order valence-corrected chi connectivity index (χ4v) is 3.40. The Morgan fingerprint density at radius 2 is 1.71 bits per heavy atom. The molecule has 0 aliphatic carbocycles. The van der Waals surface area contributed by atoms with Crippen molar-refractivity contribution in [3.05, 3.63) is 94.3 Å². The van der Waals surface area contributed by atoms with Crippen LogP contribution in [0.25, 0.3) is 0 Å². The van der Waals surface area contributed by atoms with Crippen molar-refractivity contribution in [1.82, 2.24) is 9.88 Å². The molecule has 0 atom stereocenters. The molecule has 3 aromatic rings. The molecule has 0 fully saturated rings. The van der Waals surface area contributed by atoms with E-state index in [-0.39, 0.29) is 36.5 Å². The van der Waals surface area contributed by atoms with Gasteiger partial charge in [-0.1, -0.05) is 48.0 Å². The van der Waals surface area contributed by atoms with Crippen LogP contribution in [0, 0.1) is 18.6 Å². The van der Waals surface area contributed by atoms with E-state index in [1.807, 2.05) is 44.2 Å². The van der Waals surface area contributed by atoms with Crippen molar-refractivity contribution in [3.63, 3.8) is 0 Å². The number of aryl methyl sites for hydroxylation is 1. The third-order valence-corrected chi connectivity index (χ3v) is 5.47. The number of halogens is 3. The first-order chi connectivity index (χ1) is 18.3. The summed E-state index contributed by atoms with van der Waals surface area (Å²) in [7, 11) is 0. The van der Waals surface area contributed by atoms with Gasteiger partial charge in [0.2, 0.25) is 5.91 Å². The Hall–Kier alpha value is -3.11. The second-order valence-corrected chi connectivity index (χ2v) is 8.44. The van der Waals surface area contributed by atoms with Gasteiger partial charge in [-0.15, -0.1) is 0 Å². The number of amides is 1. The van der Waals surface area contributed by atoms with Crippen molar-refractivity contribution in [2.75, 3.05) is 26.3 Å². The number of carbonyl (C=O) groups is 1. The minimum absolute atomic E-state index is 0.146. The van der Waals surface area contributed by atoms with E-state index < -0.39 is 12.1 Å². The first-order valence-corrected chi connectivity index (χ1v) is 12.6. The minimum Gasteiger partial charge on any atom is -0.489 e. The number of rotatable bonds is 12. The molecule has 10 heteroatoms. The quantitative estimate of drug-likeness (QED) is 0.244. The zero-order chi connectivity index (χ0) is 27.9. The fourth-order valence-electron chi connectivity index (χ4n) is 3.23. The zero-order valence-corrected chi connectivity index (χ0v) is 22.6. The number of hydrogen-bond acceptors (Lipinski definition) is 6. The highest BCUT2D eigenvalue weighted by Crippen LogP contribution is 2.17. The summed E-state index contributed by atoms with van der Waals surface area (Å²) in [5, 5.41) is -0.233. The largest absolute Gasteiger partial charge is 0.489 e. The Balaban J connectivity index is 0.000000279. The van der Waals surface area contributed by atoms with Crippen molar-refractivity contribution in [2.24, 2.45) is 5.73 Å². The highest BCUT2D eigenvalue weighted by Gasteiger charge is 2.20. The van der Waals surface area contributed by atoms with Gasteiger partial charge in [0.15, 0.2) is 17.3 Å². The van der Waals surface area contributed by atoms with E-state index in [2.05, 4.69) is 4.98 Å². The van der Waals surface area contributed by atoms with Crippen molar-refractivity contribution in [2.45, 2.75) is 40.2 Å². The molecule has 0 spiro atoms. The molecule has 1 amide bonds. The third kappa shape index (κ3) is 10.7. The molecule has 1 heterocycles. The number of aromatic nitrogens is 1. The molecule has 0 aliphatic heterocycles. The Labute approximate surface area is 227 Å². The van der Waals surface area contributed by atoms with Crippen molar-refractivity contribution < 1.29 is 27.8 Å². The molecule has 206 valence electrons. The normalized spacial score (nSPS) is 10.6. The summed E-state index contributed by atoms with van der Waals surface area (Å²) in [6.45, 7) is 6.97. The minimum atomic E-state index is -0.608. The topological polar surface area (TPSA) is 86.9 Å². The lowest BCUT2D eigenvalue weighted by Gasteiger charge is -2.27. The van der Waals surface area contributed by atoms with Crippen molar-refractivity contribution in [1.29, 1.82) is 0 Å². The summed E-state index contributed by atoms with van der Waals surface area (Å²) >= 11 is 5.65. The SMILES string of the molecule is CCOC(CN(Cc1ccc(F)c(Cl)n1)C(=O)CN)OCC.Cc1ccc(OCc2ccccc2)cc1F. The average Bonchev–Trinajstić information content (AvgIpc) is 2.92. The Bertz CT molecular complexity index is 1130. The van der Waals surface area contributed by atoms with Gasteiger partial charge < -0.3 is 24.8 Å². The number of benzene rings is 2. The predicted molar refractivity (Wildman–Crippen MR) is 143 cm³/mol. The van der Waals surface area contributed by atoms with E-state index in [0.717, 1.165) is 5.56 Å². The van der Waals surface area contributed by atoms with E-state index in [9.17, 15) is 13.6 Å². The highest BCUT2D eigenvalue weighted by molar-refractivity contribution is 6.29. The smallest absolute Gasteiger partial charge is 0.236 e. The van der Waals surface area contributed by atoms with Gasteiger partial charge >= 0.3 is 0 Å². The predicted octanol–water partition coefficient (Wildman–Crippen LogP) is 5.27. The molecule has 2 aromatic carbocycles. The maximum atomic E-state index is 13.2. The highest BCUT2D eigenvalue weighted by atomic mass is 35.5. The molecule has 1 aromatic heterocycles. The number of pyridine rings is 1. The van der Waals surface area contributed by atoms with Crippen LogP contribution in [0.1, 0.15) is 30.7 Å².